The average molecular weight is 206 g/mol. The van der Waals surface area contributed by atoms with E-state index in [0.717, 1.165) is 19.5 Å². The molecule has 58 valence electrons. The number of alkyl halides is 1. The monoisotopic (exact) mass is 205 g/mol. The molecule has 10 heavy (non-hydrogen) atoms. The number of nitrogens with zero attached hydrogens (tertiary/aromatic N) is 1. The van der Waals surface area contributed by atoms with Crippen LogP contribution in [0.2, 0.25) is 0 Å². The molecule has 0 radical (unpaired) electrons. The van der Waals surface area contributed by atoms with Gasteiger partial charge in [-0.25, -0.2) is 0 Å². The summed E-state index contributed by atoms with van der Waals surface area (Å²) in [5.41, 5.74) is 0. The van der Waals surface area contributed by atoms with E-state index in [9.17, 15) is 4.79 Å². The second kappa shape index (κ2) is 2.53. The van der Waals surface area contributed by atoms with E-state index in [1.807, 2.05) is 18.7 Å². The first kappa shape index (κ1) is 8.05. The molecule has 2 nitrogen and oxygen atoms in total. The predicted molar refractivity (Wildman–Crippen MR) is 44.2 cm³/mol. The summed E-state index contributed by atoms with van der Waals surface area (Å²) >= 11 is 3.33. The summed E-state index contributed by atoms with van der Waals surface area (Å²) < 4.78 is -0.368. The van der Waals surface area contributed by atoms with Crippen LogP contribution in [0.15, 0.2) is 0 Å². The van der Waals surface area contributed by atoms with Gasteiger partial charge >= 0.3 is 0 Å². The van der Waals surface area contributed by atoms with Crippen LogP contribution in [0.1, 0.15) is 20.3 Å². The third-order valence-corrected chi connectivity index (χ3v) is 1.99. The number of amides is 1. The van der Waals surface area contributed by atoms with Crippen molar-refractivity contribution in [2.45, 2.75) is 24.6 Å². The van der Waals surface area contributed by atoms with E-state index in [1.54, 1.807) is 0 Å². The van der Waals surface area contributed by atoms with Crippen molar-refractivity contribution in [1.82, 2.24) is 4.90 Å². The Kier molecular flexibility index (Phi) is 2.04. The summed E-state index contributed by atoms with van der Waals surface area (Å²) in [4.78, 5) is 13.2. The molecule has 0 aromatic rings. The average Bonchev–Trinajstić information content (AvgIpc) is 1.57. The zero-order chi connectivity index (χ0) is 7.78. The molecule has 1 aliphatic heterocycles. The fourth-order valence-corrected chi connectivity index (χ4v) is 1.15. The summed E-state index contributed by atoms with van der Waals surface area (Å²) in [5, 5.41) is 0. The van der Waals surface area contributed by atoms with Crippen LogP contribution in [0, 0.1) is 0 Å². The molecule has 1 heterocycles. The largest absolute Gasteiger partial charge is 0.341 e. The number of carbonyl (C=O) groups excluding carboxylic acids is 1. The molecule has 0 bridgehead atoms. The van der Waals surface area contributed by atoms with Crippen LogP contribution >= 0.6 is 15.9 Å². The molecule has 3 heteroatoms. The number of hydrogen-bond donors (Lipinski definition) is 0. The van der Waals surface area contributed by atoms with Gasteiger partial charge in [0.1, 0.15) is 0 Å². The lowest BCUT2D eigenvalue weighted by atomic mass is 10.1. The van der Waals surface area contributed by atoms with E-state index in [-0.39, 0.29) is 10.2 Å². The Morgan fingerprint density at radius 3 is 2.10 bits per heavy atom. The van der Waals surface area contributed by atoms with E-state index >= 15 is 0 Å². The standard InChI is InChI=1S/C7H12BrNO/c1-7(2,8)6(10)9-4-3-5-9/h3-5H2,1-2H3. The van der Waals surface area contributed by atoms with Gasteiger partial charge in [-0.2, -0.15) is 0 Å². The van der Waals surface area contributed by atoms with Crippen molar-refractivity contribution in [3.63, 3.8) is 0 Å². The molecule has 0 aromatic carbocycles. The molecule has 0 spiro atoms. The van der Waals surface area contributed by atoms with Crippen LogP contribution in [0.3, 0.4) is 0 Å². The van der Waals surface area contributed by atoms with Crippen molar-refractivity contribution in [3.8, 4) is 0 Å². The molecule has 1 rings (SSSR count). The molecular formula is C7H12BrNO. The Hall–Kier alpha value is -0.0500. The van der Waals surface area contributed by atoms with Gasteiger partial charge in [0.05, 0.1) is 4.32 Å². The Morgan fingerprint density at radius 2 is 2.00 bits per heavy atom. The molecule has 1 fully saturated rings. The second-order valence-corrected chi connectivity index (χ2v) is 5.10. The molecule has 0 unspecified atom stereocenters. The first-order valence-electron chi connectivity index (χ1n) is 3.50. The minimum Gasteiger partial charge on any atom is -0.341 e. The number of rotatable bonds is 1. The molecular weight excluding hydrogens is 194 g/mol. The van der Waals surface area contributed by atoms with E-state index < -0.39 is 0 Å². The van der Waals surface area contributed by atoms with Crippen LogP contribution in [0.5, 0.6) is 0 Å². The summed E-state index contributed by atoms with van der Waals surface area (Å²) in [6, 6.07) is 0. The van der Waals surface area contributed by atoms with Gasteiger partial charge in [0, 0.05) is 13.1 Å². The molecule has 0 saturated carbocycles. The maximum absolute atomic E-state index is 11.3. The summed E-state index contributed by atoms with van der Waals surface area (Å²) in [6.07, 6.45) is 1.16. The van der Waals surface area contributed by atoms with Crippen LogP contribution in [-0.2, 0) is 4.79 Å². The second-order valence-electron chi connectivity index (χ2n) is 3.12. The molecule has 0 aliphatic carbocycles. The lowest BCUT2D eigenvalue weighted by Crippen LogP contribution is -2.48. The van der Waals surface area contributed by atoms with Crippen molar-refractivity contribution in [2.24, 2.45) is 0 Å². The SMILES string of the molecule is CC(C)(Br)C(=O)N1CCC1. The van der Waals surface area contributed by atoms with Gasteiger partial charge in [-0.05, 0) is 20.3 Å². The lowest BCUT2D eigenvalue weighted by Gasteiger charge is -2.35. The number of likely N-dealkylation sites (tertiary alicyclic amines) is 1. The van der Waals surface area contributed by atoms with E-state index in [1.165, 1.54) is 0 Å². The smallest absolute Gasteiger partial charge is 0.238 e. The van der Waals surface area contributed by atoms with Crippen LogP contribution in [0.4, 0.5) is 0 Å². The number of halogens is 1. The first-order chi connectivity index (χ1) is 4.52. The third-order valence-electron chi connectivity index (χ3n) is 1.65. The quantitative estimate of drug-likeness (QED) is 0.593. The van der Waals surface area contributed by atoms with Crippen LogP contribution in [0.25, 0.3) is 0 Å². The van der Waals surface area contributed by atoms with E-state index in [4.69, 9.17) is 0 Å². The molecule has 1 saturated heterocycles. The highest BCUT2D eigenvalue weighted by atomic mass is 79.9. The normalized spacial score (nSPS) is 18.5. The maximum Gasteiger partial charge on any atom is 0.238 e. The van der Waals surface area contributed by atoms with Crippen LogP contribution < -0.4 is 0 Å². The van der Waals surface area contributed by atoms with Gasteiger partial charge in [-0.1, -0.05) is 15.9 Å². The predicted octanol–water partition coefficient (Wildman–Crippen LogP) is 1.39. The summed E-state index contributed by atoms with van der Waals surface area (Å²) in [6.45, 7) is 5.64. The van der Waals surface area contributed by atoms with Crippen molar-refractivity contribution >= 4 is 21.8 Å². The van der Waals surface area contributed by atoms with Gasteiger partial charge < -0.3 is 4.90 Å². The zero-order valence-corrected chi connectivity index (χ0v) is 7.94. The lowest BCUT2D eigenvalue weighted by molar-refractivity contribution is -0.136. The number of carbonyl (C=O) groups is 1. The minimum absolute atomic E-state index is 0.207. The Morgan fingerprint density at radius 1 is 1.50 bits per heavy atom. The minimum atomic E-state index is -0.368. The highest BCUT2D eigenvalue weighted by Gasteiger charge is 2.31. The molecule has 1 amide bonds. The van der Waals surface area contributed by atoms with Crippen molar-refractivity contribution in [2.75, 3.05) is 13.1 Å². The van der Waals surface area contributed by atoms with Gasteiger partial charge in [0.25, 0.3) is 0 Å². The Labute approximate surface area is 69.7 Å². The number of hydrogen-bond acceptors (Lipinski definition) is 1. The summed E-state index contributed by atoms with van der Waals surface area (Å²) in [5.74, 6) is 0.207. The van der Waals surface area contributed by atoms with Gasteiger partial charge in [-0.15, -0.1) is 0 Å². The van der Waals surface area contributed by atoms with Gasteiger partial charge in [0.15, 0.2) is 0 Å². The maximum atomic E-state index is 11.3. The molecule has 0 N–H and O–H groups in total. The van der Waals surface area contributed by atoms with Crippen molar-refractivity contribution in [3.05, 3.63) is 0 Å². The Bertz CT molecular complexity index is 146. The van der Waals surface area contributed by atoms with Crippen molar-refractivity contribution < 1.29 is 4.79 Å². The zero-order valence-electron chi connectivity index (χ0n) is 6.35. The molecule has 1 aliphatic rings. The fraction of sp³-hybridized carbons (Fsp3) is 0.857. The highest BCUT2D eigenvalue weighted by molar-refractivity contribution is 9.10. The summed E-state index contributed by atoms with van der Waals surface area (Å²) in [7, 11) is 0. The fourth-order valence-electron chi connectivity index (χ4n) is 0.895. The topological polar surface area (TPSA) is 20.3 Å². The highest BCUT2D eigenvalue weighted by Crippen LogP contribution is 2.22. The van der Waals surface area contributed by atoms with Crippen molar-refractivity contribution in [1.29, 1.82) is 0 Å². The van der Waals surface area contributed by atoms with Gasteiger partial charge in [-0.3, -0.25) is 4.79 Å². The molecule has 0 atom stereocenters. The van der Waals surface area contributed by atoms with Gasteiger partial charge in [0.2, 0.25) is 5.91 Å². The van der Waals surface area contributed by atoms with E-state index in [0.29, 0.717) is 0 Å². The molecule has 0 aromatic heterocycles. The Balaban J connectivity index is 2.48. The van der Waals surface area contributed by atoms with E-state index in [2.05, 4.69) is 15.9 Å². The third kappa shape index (κ3) is 1.51. The van der Waals surface area contributed by atoms with Crippen LogP contribution in [-0.4, -0.2) is 28.2 Å². The first-order valence-corrected chi connectivity index (χ1v) is 4.29.